The summed E-state index contributed by atoms with van der Waals surface area (Å²) in [6.45, 7) is 0. The van der Waals surface area contributed by atoms with Gasteiger partial charge in [0.25, 0.3) is 0 Å². The third-order valence-corrected chi connectivity index (χ3v) is 6.19. The largest absolute Gasteiger partial charge is 0.381 e. The molecule has 3 heteroatoms. The van der Waals surface area contributed by atoms with Gasteiger partial charge < -0.3 is 14.8 Å². The fourth-order valence-corrected chi connectivity index (χ4v) is 4.90. The second kappa shape index (κ2) is 6.33. The van der Waals surface area contributed by atoms with Crippen LogP contribution in [-0.4, -0.2) is 38.5 Å². The van der Waals surface area contributed by atoms with Crippen LogP contribution in [0.3, 0.4) is 0 Å². The third kappa shape index (κ3) is 2.65. The lowest BCUT2D eigenvalue weighted by Gasteiger charge is -2.58. The Bertz CT molecular complexity index is 314. The monoisotopic (exact) mass is 281 g/mol. The number of hydrogen-bond donors (Lipinski definition) is 1. The van der Waals surface area contributed by atoms with Crippen LogP contribution in [-0.2, 0) is 9.47 Å². The van der Waals surface area contributed by atoms with Gasteiger partial charge in [-0.25, -0.2) is 0 Å². The second-order valence-corrected chi connectivity index (χ2v) is 7.14. The van der Waals surface area contributed by atoms with Gasteiger partial charge in [-0.3, -0.25) is 0 Å². The van der Waals surface area contributed by atoms with Gasteiger partial charge in [-0.2, -0.15) is 0 Å². The Balaban J connectivity index is 1.59. The Labute approximate surface area is 123 Å². The van der Waals surface area contributed by atoms with Crippen LogP contribution in [0.25, 0.3) is 0 Å². The summed E-state index contributed by atoms with van der Waals surface area (Å²) in [5.74, 6) is 0. The van der Waals surface area contributed by atoms with Crippen LogP contribution >= 0.6 is 0 Å². The van der Waals surface area contributed by atoms with E-state index in [2.05, 4.69) is 12.4 Å². The summed E-state index contributed by atoms with van der Waals surface area (Å²) in [6.07, 6.45) is 14.3. The average Bonchev–Trinajstić information content (AvgIpc) is 2.52. The van der Waals surface area contributed by atoms with Crippen molar-refractivity contribution >= 4 is 0 Å². The molecule has 3 rings (SSSR count). The van der Waals surface area contributed by atoms with E-state index >= 15 is 0 Å². The van der Waals surface area contributed by atoms with Gasteiger partial charge in [0, 0.05) is 18.6 Å². The van der Waals surface area contributed by atoms with E-state index in [9.17, 15) is 0 Å². The van der Waals surface area contributed by atoms with E-state index in [1.807, 2.05) is 7.11 Å². The molecule has 4 atom stereocenters. The molecule has 0 aliphatic heterocycles. The number of methoxy groups -OCH3 is 1. The zero-order valence-corrected chi connectivity index (χ0v) is 13.2. The molecule has 1 N–H and O–H groups in total. The van der Waals surface area contributed by atoms with Gasteiger partial charge in [-0.15, -0.1) is 0 Å². The van der Waals surface area contributed by atoms with Crippen LogP contribution in [0.5, 0.6) is 0 Å². The molecule has 3 saturated carbocycles. The molecule has 3 fully saturated rings. The first-order chi connectivity index (χ1) is 9.78. The van der Waals surface area contributed by atoms with Crippen molar-refractivity contribution in [1.82, 2.24) is 5.32 Å². The summed E-state index contributed by atoms with van der Waals surface area (Å²) in [5.41, 5.74) is 0.451. The second-order valence-electron chi connectivity index (χ2n) is 7.14. The van der Waals surface area contributed by atoms with Crippen molar-refractivity contribution in [1.29, 1.82) is 0 Å². The van der Waals surface area contributed by atoms with Gasteiger partial charge in [0.2, 0.25) is 0 Å². The number of rotatable bonds is 4. The normalized spacial score (nSPS) is 40.5. The van der Waals surface area contributed by atoms with E-state index < -0.39 is 0 Å². The maximum atomic E-state index is 6.56. The first-order valence-electron chi connectivity index (χ1n) is 8.64. The molecule has 1 spiro atoms. The number of ether oxygens (including phenoxy) is 2. The van der Waals surface area contributed by atoms with Gasteiger partial charge in [0.1, 0.15) is 0 Å². The molecule has 0 amide bonds. The van der Waals surface area contributed by atoms with Crippen molar-refractivity contribution in [3.05, 3.63) is 0 Å². The molecule has 0 aromatic rings. The quantitative estimate of drug-likeness (QED) is 0.858. The zero-order valence-electron chi connectivity index (χ0n) is 13.2. The molecule has 20 heavy (non-hydrogen) atoms. The van der Waals surface area contributed by atoms with Crippen molar-refractivity contribution in [2.45, 2.75) is 88.6 Å². The lowest BCUT2D eigenvalue weighted by molar-refractivity contribution is -0.186. The highest BCUT2D eigenvalue weighted by atomic mass is 16.5. The van der Waals surface area contributed by atoms with E-state index in [1.54, 1.807) is 0 Å². The summed E-state index contributed by atoms with van der Waals surface area (Å²) in [7, 11) is 3.97. The molecule has 0 aromatic heterocycles. The van der Waals surface area contributed by atoms with Crippen LogP contribution in [0.2, 0.25) is 0 Å². The van der Waals surface area contributed by atoms with Gasteiger partial charge in [-0.05, 0) is 52.0 Å². The minimum absolute atomic E-state index is 0.427. The fraction of sp³-hybridized carbons (Fsp3) is 1.00. The first-order valence-corrected chi connectivity index (χ1v) is 8.64. The Kier molecular flexibility index (Phi) is 4.68. The molecule has 0 saturated heterocycles. The molecular weight excluding hydrogens is 250 g/mol. The molecule has 4 unspecified atom stereocenters. The molecule has 3 nitrogen and oxygen atoms in total. The molecule has 0 aromatic carbocycles. The van der Waals surface area contributed by atoms with E-state index in [0.29, 0.717) is 29.8 Å². The highest BCUT2D eigenvalue weighted by molar-refractivity contribution is 5.08. The number of hydrogen-bond acceptors (Lipinski definition) is 3. The van der Waals surface area contributed by atoms with Crippen LogP contribution < -0.4 is 5.32 Å². The van der Waals surface area contributed by atoms with Gasteiger partial charge in [-0.1, -0.05) is 19.3 Å². The van der Waals surface area contributed by atoms with Crippen LogP contribution in [0.15, 0.2) is 0 Å². The fourth-order valence-electron chi connectivity index (χ4n) is 4.90. The van der Waals surface area contributed by atoms with Crippen molar-refractivity contribution in [3.63, 3.8) is 0 Å². The van der Waals surface area contributed by atoms with E-state index in [0.717, 1.165) is 6.42 Å². The summed E-state index contributed by atoms with van der Waals surface area (Å²) in [5, 5.41) is 3.54. The molecule has 0 radical (unpaired) electrons. The molecule has 0 bridgehead atoms. The maximum Gasteiger partial charge on any atom is 0.0665 e. The standard InChI is InChI=1S/C17H31NO2/c1-18-15-12-16(17(15)9-4-3-5-10-17)20-14-8-6-7-13(11-14)19-2/h13-16,18H,3-12H2,1-2H3. The predicted molar refractivity (Wildman–Crippen MR) is 80.9 cm³/mol. The molecule has 116 valence electrons. The maximum absolute atomic E-state index is 6.56. The summed E-state index contributed by atoms with van der Waals surface area (Å²) in [4.78, 5) is 0. The predicted octanol–water partition coefficient (Wildman–Crippen LogP) is 3.27. The topological polar surface area (TPSA) is 30.5 Å². The van der Waals surface area contributed by atoms with Crippen LogP contribution in [0, 0.1) is 5.41 Å². The summed E-state index contributed by atoms with van der Waals surface area (Å²) >= 11 is 0. The van der Waals surface area contributed by atoms with Gasteiger partial charge in [0.15, 0.2) is 0 Å². The Morgan fingerprint density at radius 3 is 2.40 bits per heavy atom. The molecule has 3 aliphatic rings. The minimum Gasteiger partial charge on any atom is -0.381 e. The zero-order chi connectivity index (χ0) is 14.0. The average molecular weight is 281 g/mol. The highest BCUT2D eigenvalue weighted by Gasteiger charge is 2.55. The summed E-state index contributed by atoms with van der Waals surface area (Å²) < 4.78 is 12.1. The first kappa shape index (κ1) is 14.8. The van der Waals surface area contributed by atoms with E-state index in [-0.39, 0.29) is 0 Å². The van der Waals surface area contributed by atoms with Crippen molar-refractivity contribution < 1.29 is 9.47 Å². The smallest absolute Gasteiger partial charge is 0.0665 e. The molecular formula is C17H31NO2. The van der Waals surface area contributed by atoms with Crippen molar-refractivity contribution in [2.75, 3.05) is 14.2 Å². The van der Waals surface area contributed by atoms with Crippen molar-refractivity contribution in [2.24, 2.45) is 5.41 Å². The van der Waals surface area contributed by atoms with E-state index in [1.165, 1.54) is 57.8 Å². The van der Waals surface area contributed by atoms with E-state index in [4.69, 9.17) is 9.47 Å². The molecule has 3 aliphatic carbocycles. The highest BCUT2D eigenvalue weighted by Crippen LogP contribution is 2.53. The van der Waals surface area contributed by atoms with Gasteiger partial charge >= 0.3 is 0 Å². The Morgan fingerprint density at radius 2 is 1.70 bits per heavy atom. The van der Waals surface area contributed by atoms with Gasteiger partial charge in [0.05, 0.1) is 18.3 Å². The van der Waals surface area contributed by atoms with Crippen LogP contribution in [0.4, 0.5) is 0 Å². The van der Waals surface area contributed by atoms with Crippen molar-refractivity contribution in [3.8, 4) is 0 Å². The lowest BCUT2D eigenvalue weighted by Crippen LogP contribution is -2.64. The summed E-state index contributed by atoms with van der Waals surface area (Å²) in [6, 6.07) is 0.689. The number of nitrogens with one attached hydrogen (secondary N) is 1. The molecule has 0 heterocycles. The lowest BCUT2D eigenvalue weighted by atomic mass is 9.55. The Hall–Kier alpha value is -0.120. The SMILES string of the molecule is CNC1CC(OC2CCCC(OC)C2)C12CCCCC2. The minimum atomic E-state index is 0.427. The van der Waals surface area contributed by atoms with Crippen LogP contribution in [0.1, 0.15) is 64.2 Å². The third-order valence-electron chi connectivity index (χ3n) is 6.19. The Morgan fingerprint density at radius 1 is 0.950 bits per heavy atom.